The molecule has 0 bridgehead atoms. The zero-order chi connectivity index (χ0) is 12.1. The molecule has 1 unspecified atom stereocenters. The van der Waals surface area contributed by atoms with Crippen LogP contribution in [0.4, 0.5) is 0 Å². The van der Waals surface area contributed by atoms with Crippen molar-refractivity contribution >= 4 is 11.6 Å². The van der Waals surface area contributed by atoms with Crippen molar-refractivity contribution in [2.45, 2.75) is 25.9 Å². The largest absolute Gasteiger partial charge is 0.496 e. The molecule has 0 aliphatic rings. The van der Waals surface area contributed by atoms with E-state index in [0.29, 0.717) is 17.2 Å². The summed E-state index contributed by atoms with van der Waals surface area (Å²) in [6, 6.07) is 5.25. The van der Waals surface area contributed by atoms with E-state index in [-0.39, 0.29) is 0 Å². The average Bonchev–Trinajstić information content (AvgIpc) is 2.25. The molecule has 1 aromatic rings. The highest BCUT2D eigenvalue weighted by molar-refractivity contribution is 6.30. The molecule has 0 amide bonds. The van der Waals surface area contributed by atoms with Crippen molar-refractivity contribution < 1.29 is 9.84 Å². The first-order valence-corrected chi connectivity index (χ1v) is 5.58. The predicted octanol–water partition coefficient (Wildman–Crippen LogP) is 3.74. The molecule has 1 aromatic carbocycles. The number of benzene rings is 1. The standard InChI is InChI=1S/C13H17ClO2/c1-9(2)4-6-12(15)11-8-10(14)5-7-13(11)16-3/h5,7-8,12,15H,1,4,6H2,2-3H3. The van der Waals surface area contributed by atoms with Gasteiger partial charge >= 0.3 is 0 Å². The number of allylic oxidation sites excluding steroid dienone is 1. The van der Waals surface area contributed by atoms with Crippen LogP contribution in [-0.4, -0.2) is 12.2 Å². The fourth-order valence-corrected chi connectivity index (χ4v) is 1.68. The quantitative estimate of drug-likeness (QED) is 0.795. The van der Waals surface area contributed by atoms with Gasteiger partial charge in [-0.15, -0.1) is 6.58 Å². The highest BCUT2D eigenvalue weighted by atomic mass is 35.5. The van der Waals surface area contributed by atoms with Crippen LogP contribution in [-0.2, 0) is 0 Å². The van der Waals surface area contributed by atoms with Crippen LogP contribution in [0.3, 0.4) is 0 Å². The molecule has 1 rings (SSSR count). The summed E-state index contributed by atoms with van der Waals surface area (Å²) in [7, 11) is 1.58. The maximum Gasteiger partial charge on any atom is 0.124 e. The van der Waals surface area contributed by atoms with Gasteiger partial charge in [-0.2, -0.15) is 0 Å². The van der Waals surface area contributed by atoms with Gasteiger partial charge in [-0.05, 0) is 38.0 Å². The van der Waals surface area contributed by atoms with Crippen molar-refractivity contribution in [3.63, 3.8) is 0 Å². The second-order valence-electron chi connectivity index (χ2n) is 3.90. The second kappa shape index (κ2) is 5.92. The Morgan fingerprint density at radius 2 is 2.25 bits per heavy atom. The number of aliphatic hydroxyl groups excluding tert-OH is 1. The maximum absolute atomic E-state index is 10.0. The van der Waals surface area contributed by atoms with Crippen molar-refractivity contribution in [1.82, 2.24) is 0 Å². The Bertz CT molecular complexity index is 374. The topological polar surface area (TPSA) is 29.5 Å². The van der Waals surface area contributed by atoms with Gasteiger partial charge < -0.3 is 9.84 Å². The lowest BCUT2D eigenvalue weighted by atomic mass is 10.0. The minimum Gasteiger partial charge on any atom is -0.496 e. The van der Waals surface area contributed by atoms with Crippen molar-refractivity contribution in [2.24, 2.45) is 0 Å². The maximum atomic E-state index is 10.0. The van der Waals surface area contributed by atoms with Gasteiger partial charge in [0.1, 0.15) is 5.75 Å². The summed E-state index contributed by atoms with van der Waals surface area (Å²) in [5.41, 5.74) is 1.79. The smallest absolute Gasteiger partial charge is 0.124 e. The zero-order valence-corrected chi connectivity index (χ0v) is 10.4. The van der Waals surface area contributed by atoms with Gasteiger partial charge in [-0.1, -0.05) is 17.2 Å². The fourth-order valence-electron chi connectivity index (χ4n) is 1.50. The van der Waals surface area contributed by atoms with E-state index in [9.17, 15) is 5.11 Å². The molecule has 1 N–H and O–H groups in total. The van der Waals surface area contributed by atoms with Crippen LogP contribution in [0.1, 0.15) is 31.4 Å². The van der Waals surface area contributed by atoms with E-state index in [0.717, 1.165) is 17.6 Å². The minimum atomic E-state index is -0.564. The summed E-state index contributed by atoms with van der Waals surface area (Å²) in [4.78, 5) is 0. The average molecular weight is 241 g/mol. The lowest BCUT2D eigenvalue weighted by molar-refractivity contribution is 0.163. The molecular weight excluding hydrogens is 224 g/mol. The molecule has 16 heavy (non-hydrogen) atoms. The zero-order valence-electron chi connectivity index (χ0n) is 9.66. The van der Waals surface area contributed by atoms with Crippen LogP contribution in [0.2, 0.25) is 5.02 Å². The van der Waals surface area contributed by atoms with E-state index in [1.54, 1.807) is 25.3 Å². The monoisotopic (exact) mass is 240 g/mol. The molecule has 0 saturated heterocycles. The van der Waals surface area contributed by atoms with E-state index in [4.69, 9.17) is 16.3 Å². The second-order valence-corrected chi connectivity index (χ2v) is 4.33. The van der Waals surface area contributed by atoms with Crippen LogP contribution < -0.4 is 4.74 Å². The summed E-state index contributed by atoms with van der Waals surface area (Å²) in [5, 5.41) is 10.6. The van der Waals surface area contributed by atoms with Gasteiger partial charge in [0.2, 0.25) is 0 Å². The first kappa shape index (κ1) is 13.1. The molecule has 0 aromatic heterocycles. The summed E-state index contributed by atoms with van der Waals surface area (Å²) in [5.74, 6) is 0.665. The molecule has 88 valence electrons. The van der Waals surface area contributed by atoms with Crippen LogP contribution >= 0.6 is 11.6 Å². The summed E-state index contributed by atoms with van der Waals surface area (Å²) in [6.07, 6.45) is 0.855. The van der Waals surface area contributed by atoms with Crippen LogP contribution in [0, 0.1) is 0 Å². The van der Waals surface area contributed by atoms with Crippen LogP contribution in [0.5, 0.6) is 5.75 Å². The lowest BCUT2D eigenvalue weighted by Gasteiger charge is -2.15. The number of halogens is 1. The van der Waals surface area contributed by atoms with E-state index in [1.165, 1.54) is 0 Å². The number of ether oxygens (including phenoxy) is 1. The molecular formula is C13H17ClO2. The van der Waals surface area contributed by atoms with Gasteiger partial charge in [-0.25, -0.2) is 0 Å². The molecule has 0 fully saturated rings. The number of methoxy groups -OCH3 is 1. The SMILES string of the molecule is C=C(C)CCC(O)c1cc(Cl)ccc1OC. The molecule has 2 nitrogen and oxygen atoms in total. The Morgan fingerprint density at radius 1 is 1.56 bits per heavy atom. The Balaban J connectivity index is 2.84. The normalized spacial score (nSPS) is 12.2. The third kappa shape index (κ3) is 3.54. The van der Waals surface area contributed by atoms with Gasteiger partial charge in [-0.3, -0.25) is 0 Å². The highest BCUT2D eigenvalue weighted by Gasteiger charge is 2.13. The third-order valence-corrected chi connectivity index (χ3v) is 2.63. The molecule has 0 aliphatic heterocycles. The molecule has 0 radical (unpaired) electrons. The van der Waals surface area contributed by atoms with Crippen molar-refractivity contribution in [3.05, 3.63) is 40.9 Å². The molecule has 1 atom stereocenters. The Hall–Kier alpha value is -0.990. The molecule has 0 aliphatic carbocycles. The van der Waals surface area contributed by atoms with Gasteiger partial charge in [0.25, 0.3) is 0 Å². The molecule has 0 spiro atoms. The van der Waals surface area contributed by atoms with Gasteiger partial charge in [0.15, 0.2) is 0 Å². The van der Waals surface area contributed by atoms with E-state index in [1.807, 2.05) is 6.92 Å². The van der Waals surface area contributed by atoms with Crippen molar-refractivity contribution in [1.29, 1.82) is 0 Å². The summed E-state index contributed by atoms with van der Waals surface area (Å²) >= 11 is 5.90. The summed E-state index contributed by atoms with van der Waals surface area (Å²) in [6.45, 7) is 5.76. The van der Waals surface area contributed by atoms with Crippen molar-refractivity contribution in [2.75, 3.05) is 7.11 Å². The number of aliphatic hydroxyl groups is 1. The predicted molar refractivity (Wildman–Crippen MR) is 67.0 cm³/mol. The minimum absolute atomic E-state index is 0.564. The molecule has 0 saturated carbocycles. The van der Waals surface area contributed by atoms with E-state index in [2.05, 4.69) is 6.58 Å². The lowest BCUT2D eigenvalue weighted by Crippen LogP contribution is -2.01. The molecule has 3 heteroatoms. The van der Waals surface area contributed by atoms with Gasteiger partial charge in [0.05, 0.1) is 13.2 Å². The van der Waals surface area contributed by atoms with Crippen LogP contribution in [0.25, 0.3) is 0 Å². The number of hydrogen-bond acceptors (Lipinski definition) is 2. The van der Waals surface area contributed by atoms with E-state index < -0.39 is 6.10 Å². The highest BCUT2D eigenvalue weighted by Crippen LogP contribution is 2.31. The van der Waals surface area contributed by atoms with Gasteiger partial charge in [0, 0.05) is 10.6 Å². The first-order valence-electron chi connectivity index (χ1n) is 5.20. The Morgan fingerprint density at radius 3 is 2.81 bits per heavy atom. The van der Waals surface area contributed by atoms with Crippen molar-refractivity contribution in [3.8, 4) is 5.75 Å². The fraction of sp³-hybridized carbons (Fsp3) is 0.385. The van der Waals surface area contributed by atoms with Crippen LogP contribution in [0.15, 0.2) is 30.4 Å². The number of hydrogen-bond donors (Lipinski definition) is 1. The Labute approximate surface area is 102 Å². The summed E-state index contributed by atoms with van der Waals surface area (Å²) < 4.78 is 5.19. The first-order chi connectivity index (χ1) is 7.54. The van der Waals surface area contributed by atoms with E-state index >= 15 is 0 Å². The third-order valence-electron chi connectivity index (χ3n) is 2.40. The Kier molecular flexibility index (Phi) is 4.84. The molecule has 0 heterocycles. The number of rotatable bonds is 5.